The number of aryl methyl sites for hydroxylation is 2. The van der Waals surface area contributed by atoms with Gasteiger partial charge in [0.15, 0.2) is 0 Å². The zero-order chi connectivity index (χ0) is 13.0. The Hall–Kier alpha value is -1.35. The summed E-state index contributed by atoms with van der Waals surface area (Å²) in [4.78, 5) is 11.8. The van der Waals surface area contributed by atoms with Crippen LogP contribution in [0.4, 0.5) is 0 Å². The van der Waals surface area contributed by atoms with E-state index >= 15 is 0 Å². The number of hydrogen-bond acceptors (Lipinski definition) is 2. The van der Waals surface area contributed by atoms with Gasteiger partial charge in [-0.25, -0.2) is 0 Å². The fourth-order valence-electron chi connectivity index (χ4n) is 1.42. The van der Waals surface area contributed by atoms with Gasteiger partial charge < -0.3 is 10.4 Å². The number of aliphatic hydroxyl groups excluding tert-OH is 1. The van der Waals surface area contributed by atoms with Gasteiger partial charge >= 0.3 is 0 Å². The summed E-state index contributed by atoms with van der Waals surface area (Å²) < 4.78 is 0. The molecule has 0 fully saturated rings. The quantitative estimate of drug-likeness (QED) is 0.839. The van der Waals surface area contributed by atoms with E-state index in [9.17, 15) is 9.90 Å². The number of carbonyl (C=O) groups excluding carboxylic acids is 1. The van der Waals surface area contributed by atoms with Gasteiger partial charge in [0.1, 0.15) is 0 Å². The Morgan fingerprint density at radius 3 is 2.47 bits per heavy atom. The third-order valence-electron chi connectivity index (χ3n) is 3.01. The van der Waals surface area contributed by atoms with Gasteiger partial charge in [0, 0.05) is 12.1 Å². The molecule has 0 aliphatic carbocycles. The average molecular weight is 235 g/mol. The van der Waals surface area contributed by atoms with E-state index in [1.807, 2.05) is 39.8 Å². The molecule has 0 saturated heterocycles. The zero-order valence-electron chi connectivity index (χ0n) is 10.9. The second-order valence-electron chi connectivity index (χ2n) is 4.82. The molecular formula is C14H21NO2. The minimum atomic E-state index is -0.495. The van der Waals surface area contributed by atoms with Gasteiger partial charge in [-0.15, -0.1) is 0 Å². The van der Waals surface area contributed by atoms with Crippen LogP contribution >= 0.6 is 0 Å². The minimum Gasteiger partial charge on any atom is -0.391 e. The molecule has 1 rings (SSSR count). The Kier molecular flexibility index (Phi) is 4.70. The van der Waals surface area contributed by atoms with Crippen molar-refractivity contribution in [1.29, 1.82) is 0 Å². The zero-order valence-corrected chi connectivity index (χ0v) is 10.9. The first-order valence-electron chi connectivity index (χ1n) is 5.95. The van der Waals surface area contributed by atoms with Gasteiger partial charge in [-0.1, -0.05) is 19.9 Å². The van der Waals surface area contributed by atoms with Gasteiger partial charge in [-0.2, -0.15) is 0 Å². The first-order chi connectivity index (χ1) is 7.91. The molecule has 0 heterocycles. The fourth-order valence-corrected chi connectivity index (χ4v) is 1.42. The van der Waals surface area contributed by atoms with Crippen LogP contribution in [0.2, 0.25) is 0 Å². The highest BCUT2D eigenvalue weighted by Gasteiger charge is 2.12. The number of benzene rings is 1. The van der Waals surface area contributed by atoms with E-state index in [-0.39, 0.29) is 11.8 Å². The summed E-state index contributed by atoms with van der Waals surface area (Å²) in [6.45, 7) is 8.14. The first kappa shape index (κ1) is 13.7. The van der Waals surface area contributed by atoms with Gasteiger partial charge in [-0.3, -0.25) is 4.79 Å². The summed E-state index contributed by atoms with van der Waals surface area (Å²) in [5, 5.41) is 12.3. The van der Waals surface area contributed by atoms with Crippen LogP contribution in [0.5, 0.6) is 0 Å². The van der Waals surface area contributed by atoms with Crippen LogP contribution in [-0.2, 0) is 0 Å². The second kappa shape index (κ2) is 5.82. The van der Waals surface area contributed by atoms with Crippen molar-refractivity contribution in [2.45, 2.75) is 33.8 Å². The highest BCUT2D eigenvalue weighted by Crippen LogP contribution is 2.09. The SMILES string of the molecule is Cc1ccc(C(=O)NCC(O)C(C)C)cc1C. The summed E-state index contributed by atoms with van der Waals surface area (Å²) in [6.07, 6.45) is -0.495. The Labute approximate surface area is 103 Å². The predicted octanol–water partition coefficient (Wildman–Crippen LogP) is 2.05. The Morgan fingerprint density at radius 1 is 1.29 bits per heavy atom. The molecule has 0 aromatic heterocycles. The first-order valence-corrected chi connectivity index (χ1v) is 5.95. The predicted molar refractivity (Wildman–Crippen MR) is 69.1 cm³/mol. The summed E-state index contributed by atoms with van der Waals surface area (Å²) in [5.74, 6) is 0.0165. The lowest BCUT2D eigenvalue weighted by molar-refractivity contribution is 0.0871. The molecule has 0 aliphatic heterocycles. The number of nitrogens with one attached hydrogen (secondary N) is 1. The molecule has 3 nitrogen and oxygen atoms in total. The Morgan fingerprint density at radius 2 is 1.94 bits per heavy atom. The van der Waals surface area contributed by atoms with Crippen molar-refractivity contribution in [2.24, 2.45) is 5.92 Å². The maximum Gasteiger partial charge on any atom is 0.251 e. The molecule has 0 spiro atoms. The topological polar surface area (TPSA) is 49.3 Å². The molecule has 1 aromatic carbocycles. The third kappa shape index (κ3) is 3.86. The Bertz CT molecular complexity index is 399. The molecule has 3 heteroatoms. The van der Waals surface area contributed by atoms with Crippen molar-refractivity contribution in [2.75, 3.05) is 6.54 Å². The van der Waals surface area contributed by atoms with Crippen LogP contribution in [0.15, 0.2) is 18.2 Å². The van der Waals surface area contributed by atoms with E-state index in [1.165, 1.54) is 5.56 Å². The van der Waals surface area contributed by atoms with E-state index in [0.29, 0.717) is 12.1 Å². The van der Waals surface area contributed by atoms with Crippen molar-refractivity contribution in [3.8, 4) is 0 Å². The molecule has 1 atom stereocenters. The monoisotopic (exact) mass is 235 g/mol. The van der Waals surface area contributed by atoms with Crippen LogP contribution < -0.4 is 5.32 Å². The van der Waals surface area contributed by atoms with Crippen LogP contribution in [0, 0.1) is 19.8 Å². The average Bonchev–Trinajstić information content (AvgIpc) is 2.28. The smallest absolute Gasteiger partial charge is 0.251 e. The maximum absolute atomic E-state index is 11.8. The number of hydrogen-bond donors (Lipinski definition) is 2. The second-order valence-corrected chi connectivity index (χ2v) is 4.82. The third-order valence-corrected chi connectivity index (χ3v) is 3.01. The molecule has 0 aliphatic rings. The van der Waals surface area contributed by atoms with Gasteiger partial charge in [0.25, 0.3) is 5.91 Å². The standard InChI is InChI=1S/C14H21NO2/c1-9(2)13(16)8-15-14(17)12-6-5-10(3)11(4)7-12/h5-7,9,13,16H,8H2,1-4H3,(H,15,17). The molecule has 0 radical (unpaired) electrons. The Balaban J connectivity index is 2.61. The molecule has 1 amide bonds. The summed E-state index contributed by atoms with van der Waals surface area (Å²) in [7, 11) is 0. The molecule has 1 unspecified atom stereocenters. The van der Waals surface area contributed by atoms with Crippen molar-refractivity contribution < 1.29 is 9.90 Å². The lowest BCUT2D eigenvalue weighted by atomic mass is 10.1. The molecule has 17 heavy (non-hydrogen) atoms. The lowest BCUT2D eigenvalue weighted by Gasteiger charge is -2.15. The molecule has 1 aromatic rings. The minimum absolute atomic E-state index is 0.132. The van der Waals surface area contributed by atoms with Gasteiger partial charge in [-0.05, 0) is 43.0 Å². The van der Waals surface area contributed by atoms with E-state index < -0.39 is 6.10 Å². The maximum atomic E-state index is 11.8. The summed E-state index contributed by atoms with van der Waals surface area (Å²) in [5.41, 5.74) is 2.91. The normalized spacial score (nSPS) is 12.6. The summed E-state index contributed by atoms with van der Waals surface area (Å²) >= 11 is 0. The highest BCUT2D eigenvalue weighted by molar-refractivity contribution is 5.94. The van der Waals surface area contributed by atoms with Gasteiger partial charge in [0.05, 0.1) is 6.10 Å². The number of aliphatic hydroxyl groups is 1. The van der Waals surface area contributed by atoms with Crippen molar-refractivity contribution >= 4 is 5.91 Å². The van der Waals surface area contributed by atoms with Crippen LogP contribution in [0.25, 0.3) is 0 Å². The van der Waals surface area contributed by atoms with E-state index in [4.69, 9.17) is 0 Å². The van der Waals surface area contributed by atoms with Gasteiger partial charge in [0.2, 0.25) is 0 Å². The molecular weight excluding hydrogens is 214 g/mol. The van der Waals surface area contributed by atoms with Crippen LogP contribution in [0.1, 0.15) is 35.3 Å². The van der Waals surface area contributed by atoms with Crippen LogP contribution in [-0.4, -0.2) is 23.7 Å². The largest absolute Gasteiger partial charge is 0.391 e. The molecule has 0 bridgehead atoms. The van der Waals surface area contributed by atoms with Crippen molar-refractivity contribution in [3.05, 3.63) is 34.9 Å². The number of carbonyl (C=O) groups is 1. The number of rotatable bonds is 4. The molecule has 0 saturated carbocycles. The molecule has 2 N–H and O–H groups in total. The lowest BCUT2D eigenvalue weighted by Crippen LogP contribution is -2.34. The molecule has 94 valence electrons. The van der Waals surface area contributed by atoms with Crippen molar-refractivity contribution in [3.63, 3.8) is 0 Å². The van der Waals surface area contributed by atoms with E-state index in [2.05, 4.69) is 5.32 Å². The van der Waals surface area contributed by atoms with E-state index in [1.54, 1.807) is 6.07 Å². The van der Waals surface area contributed by atoms with Crippen molar-refractivity contribution in [1.82, 2.24) is 5.32 Å². The van der Waals surface area contributed by atoms with E-state index in [0.717, 1.165) is 5.56 Å². The highest BCUT2D eigenvalue weighted by atomic mass is 16.3. The van der Waals surface area contributed by atoms with Crippen LogP contribution in [0.3, 0.4) is 0 Å². The number of amides is 1. The fraction of sp³-hybridized carbons (Fsp3) is 0.500. The summed E-state index contributed by atoms with van der Waals surface area (Å²) in [6, 6.07) is 5.61.